The third-order valence-electron chi connectivity index (χ3n) is 3.19. The third-order valence-corrected chi connectivity index (χ3v) is 3.47. The van der Waals surface area contributed by atoms with Crippen molar-refractivity contribution in [3.63, 3.8) is 0 Å². The van der Waals surface area contributed by atoms with Crippen molar-refractivity contribution in [2.45, 2.75) is 12.5 Å². The van der Waals surface area contributed by atoms with Gasteiger partial charge in [0.15, 0.2) is 11.5 Å². The number of hydrogen-bond donors (Lipinski definition) is 1. The second kappa shape index (κ2) is 4.33. The molecular weight excluding hydrogens is 256 g/mol. The van der Waals surface area contributed by atoms with Crippen LogP contribution >= 0.6 is 11.6 Å². The van der Waals surface area contributed by atoms with Crippen molar-refractivity contribution in [3.05, 3.63) is 22.7 Å². The van der Waals surface area contributed by atoms with Crippen LogP contribution in [0.15, 0.2) is 12.1 Å². The molecule has 6 heteroatoms. The minimum absolute atomic E-state index is 0.0665. The molecule has 1 aromatic rings. The number of likely N-dealkylation sites (tertiary alicyclic amines) is 1. The third kappa shape index (κ3) is 1.89. The number of amides is 1. The zero-order valence-electron chi connectivity index (χ0n) is 9.69. The zero-order chi connectivity index (χ0) is 12.7. The summed E-state index contributed by atoms with van der Waals surface area (Å²) in [6.45, 7) is 1.41. The molecule has 0 saturated carbocycles. The first-order valence-corrected chi connectivity index (χ1v) is 6.17. The van der Waals surface area contributed by atoms with Gasteiger partial charge in [-0.15, -0.1) is 0 Å². The molecule has 2 aliphatic heterocycles. The molecule has 1 fully saturated rings. The van der Waals surface area contributed by atoms with E-state index in [2.05, 4.69) is 0 Å². The smallest absolute Gasteiger partial charge is 0.254 e. The maximum Gasteiger partial charge on any atom is 0.254 e. The summed E-state index contributed by atoms with van der Waals surface area (Å²) in [5, 5.41) is 0.400. The van der Waals surface area contributed by atoms with Crippen LogP contribution in [0.5, 0.6) is 11.5 Å². The highest BCUT2D eigenvalue weighted by Gasteiger charge is 2.27. The van der Waals surface area contributed by atoms with Crippen molar-refractivity contribution in [1.82, 2.24) is 4.90 Å². The molecule has 0 aromatic heterocycles. The molecular formula is C12H13ClN2O3. The molecule has 2 N–H and O–H groups in total. The second-order valence-corrected chi connectivity index (χ2v) is 4.90. The number of halogens is 1. The fraction of sp³-hybridized carbons (Fsp3) is 0.417. The Morgan fingerprint density at radius 2 is 2.28 bits per heavy atom. The predicted octanol–water partition coefficient (Wildman–Crippen LogP) is 1.24. The van der Waals surface area contributed by atoms with Gasteiger partial charge in [-0.25, -0.2) is 0 Å². The average Bonchev–Trinajstić information content (AvgIpc) is 2.96. The zero-order valence-corrected chi connectivity index (χ0v) is 10.4. The molecule has 0 radical (unpaired) electrons. The SMILES string of the molecule is N[C@@H]1CCN(C(=O)c2cc(Cl)c3c(c2)OCO3)C1. The van der Waals surface area contributed by atoms with Crippen LogP contribution in [0.25, 0.3) is 0 Å². The number of rotatable bonds is 1. The van der Waals surface area contributed by atoms with Crippen LogP contribution in [0.3, 0.4) is 0 Å². The minimum atomic E-state index is -0.0665. The van der Waals surface area contributed by atoms with E-state index in [0.29, 0.717) is 35.2 Å². The van der Waals surface area contributed by atoms with Gasteiger partial charge in [-0.1, -0.05) is 11.6 Å². The standard InChI is InChI=1S/C12H13ClN2O3/c13-9-3-7(4-10-11(9)18-6-17-10)12(16)15-2-1-8(14)5-15/h3-4,8H,1-2,5-6,14H2/t8-/m1/s1. The van der Waals surface area contributed by atoms with Crippen molar-refractivity contribution in [2.75, 3.05) is 19.9 Å². The van der Waals surface area contributed by atoms with E-state index in [-0.39, 0.29) is 18.7 Å². The van der Waals surface area contributed by atoms with Crippen LogP contribution in [0, 0.1) is 0 Å². The first-order chi connectivity index (χ1) is 8.65. The lowest BCUT2D eigenvalue weighted by Gasteiger charge is -2.16. The molecule has 96 valence electrons. The lowest BCUT2D eigenvalue weighted by molar-refractivity contribution is 0.0790. The van der Waals surface area contributed by atoms with Crippen molar-refractivity contribution in [2.24, 2.45) is 5.73 Å². The van der Waals surface area contributed by atoms with E-state index >= 15 is 0 Å². The molecule has 2 heterocycles. The molecule has 0 spiro atoms. The van der Waals surface area contributed by atoms with Crippen molar-refractivity contribution < 1.29 is 14.3 Å². The van der Waals surface area contributed by atoms with Crippen molar-refractivity contribution >= 4 is 17.5 Å². The Labute approximate surface area is 109 Å². The molecule has 0 aliphatic carbocycles. The molecule has 1 atom stereocenters. The fourth-order valence-electron chi connectivity index (χ4n) is 2.25. The van der Waals surface area contributed by atoms with Crippen molar-refractivity contribution in [3.8, 4) is 11.5 Å². The van der Waals surface area contributed by atoms with E-state index in [9.17, 15) is 4.79 Å². The van der Waals surface area contributed by atoms with E-state index in [1.54, 1.807) is 17.0 Å². The Hall–Kier alpha value is -1.46. The van der Waals surface area contributed by atoms with Gasteiger partial charge in [0.05, 0.1) is 5.02 Å². The maximum absolute atomic E-state index is 12.3. The van der Waals surface area contributed by atoms with Crippen LogP contribution in [-0.4, -0.2) is 36.7 Å². The summed E-state index contributed by atoms with van der Waals surface area (Å²) in [7, 11) is 0. The summed E-state index contributed by atoms with van der Waals surface area (Å²) < 4.78 is 10.5. The summed E-state index contributed by atoms with van der Waals surface area (Å²) in [6.07, 6.45) is 0.837. The monoisotopic (exact) mass is 268 g/mol. The highest BCUT2D eigenvalue weighted by Crippen LogP contribution is 2.40. The van der Waals surface area contributed by atoms with E-state index < -0.39 is 0 Å². The summed E-state index contributed by atoms with van der Waals surface area (Å²) in [4.78, 5) is 14.0. The Bertz CT molecular complexity index is 506. The minimum Gasteiger partial charge on any atom is -0.454 e. The fourth-order valence-corrected chi connectivity index (χ4v) is 2.51. The van der Waals surface area contributed by atoms with Gasteiger partial charge in [0.2, 0.25) is 6.79 Å². The number of hydrogen-bond acceptors (Lipinski definition) is 4. The predicted molar refractivity (Wildman–Crippen MR) is 66.1 cm³/mol. The molecule has 3 rings (SSSR count). The Balaban J connectivity index is 1.88. The Morgan fingerprint density at radius 1 is 1.44 bits per heavy atom. The van der Waals surface area contributed by atoms with E-state index in [0.717, 1.165) is 6.42 Å². The second-order valence-electron chi connectivity index (χ2n) is 4.49. The molecule has 1 amide bonds. The first-order valence-electron chi connectivity index (χ1n) is 5.79. The van der Waals surface area contributed by atoms with Gasteiger partial charge in [0.25, 0.3) is 5.91 Å². The number of nitrogens with zero attached hydrogens (tertiary/aromatic N) is 1. The van der Waals surface area contributed by atoms with Crippen LogP contribution in [0.1, 0.15) is 16.8 Å². The lowest BCUT2D eigenvalue weighted by Crippen LogP contribution is -2.31. The van der Waals surface area contributed by atoms with E-state index in [4.69, 9.17) is 26.8 Å². The van der Waals surface area contributed by atoms with Gasteiger partial charge in [-0.2, -0.15) is 0 Å². The van der Waals surface area contributed by atoms with Crippen LogP contribution in [0.4, 0.5) is 0 Å². The average molecular weight is 269 g/mol. The highest BCUT2D eigenvalue weighted by atomic mass is 35.5. The van der Waals surface area contributed by atoms with Gasteiger partial charge < -0.3 is 20.1 Å². The first kappa shape index (κ1) is 11.6. The summed E-state index contributed by atoms with van der Waals surface area (Å²) in [5.41, 5.74) is 6.31. The number of fused-ring (bicyclic) bond motifs is 1. The molecule has 5 nitrogen and oxygen atoms in total. The van der Waals surface area contributed by atoms with E-state index in [1.807, 2.05) is 0 Å². The van der Waals surface area contributed by atoms with Gasteiger partial charge in [0, 0.05) is 24.7 Å². The van der Waals surface area contributed by atoms with Gasteiger partial charge in [-0.05, 0) is 18.6 Å². The van der Waals surface area contributed by atoms with E-state index in [1.165, 1.54) is 0 Å². The van der Waals surface area contributed by atoms with Crippen molar-refractivity contribution in [1.29, 1.82) is 0 Å². The topological polar surface area (TPSA) is 64.8 Å². The summed E-state index contributed by atoms with van der Waals surface area (Å²) >= 11 is 6.05. The Kier molecular flexibility index (Phi) is 2.80. The Morgan fingerprint density at radius 3 is 3.00 bits per heavy atom. The molecule has 18 heavy (non-hydrogen) atoms. The molecule has 1 aromatic carbocycles. The number of carbonyl (C=O) groups is 1. The molecule has 1 saturated heterocycles. The number of ether oxygens (including phenoxy) is 2. The lowest BCUT2D eigenvalue weighted by atomic mass is 10.1. The van der Waals surface area contributed by atoms with Gasteiger partial charge >= 0.3 is 0 Å². The van der Waals surface area contributed by atoms with Crippen LogP contribution < -0.4 is 15.2 Å². The van der Waals surface area contributed by atoms with Crippen LogP contribution in [-0.2, 0) is 0 Å². The van der Waals surface area contributed by atoms with Gasteiger partial charge in [-0.3, -0.25) is 4.79 Å². The molecule has 0 bridgehead atoms. The molecule has 2 aliphatic rings. The largest absolute Gasteiger partial charge is 0.454 e. The summed E-state index contributed by atoms with van der Waals surface area (Å²) in [5.74, 6) is 0.962. The number of carbonyl (C=O) groups excluding carboxylic acids is 1. The van der Waals surface area contributed by atoms with Crippen LogP contribution in [0.2, 0.25) is 5.02 Å². The number of nitrogens with two attached hydrogens (primary N) is 1. The number of benzene rings is 1. The van der Waals surface area contributed by atoms with Gasteiger partial charge in [0.1, 0.15) is 0 Å². The molecule has 0 unspecified atom stereocenters. The summed E-state index contributed by atoms with van der Waals surface area (Å²) in [6, 6.07) is 3.35. The normalized spacial score (nSPS) is 21.4. The maximum atomic E-state index is 12.3. The highest BCUT2D eigenvalue weighted by molar-refractivity contribution is 6.32. The quantitative estimate of drug-likeness (QED) is 0.832.